The minimum absolute atomic E-state index is 0.528. The lowest BCUT2D eigenvalue weighted by molar-refractivity contribution is 0.280. The Morgan fingerprint density at radius 1 is 1.00 bits per heavy atom. The molecule has 0 N–H and O–H groups in total. The van der Waals surface area contributed by atoms with Gasteiger partial charge in [-0.05, 0) is 48.4 Å². The van der Waals surface area contributed by atoms with Crippen molar-refractivity contribution < 1.29 is 9.47 Å². The quantitative estimate of drug-likeness (QED) is 0.223. The fraction of sp³-hybridized carbons (Fsp3) is 0.192. The first kappa shape index (κ1) is 21.1. The first-order valence-electron chi connectivity index (χ1n) is 10.3. The molecule has 0 bridgehead atoms. The molecule has 0 unspecified atom stereocenters. The van der Waals surface area contributed by atoms with Gasteiger partial charge in [0.1, 0.15) is 12.4 Å². The second-order valence-electron chi connectivity index (χ2n) is 7.10. The number of fused-ring (bicyclic) bond motifs is 1. The summed E-state index contributed by atoms with van der Waals surface area (Å²) in [6.07, 6.45) is 2.69. The number of aromatic nitrogens is 2. The lowest BCUT2D eigenvalue weighted by Gasteiger charge is -2.14. The maximum Gasteiger partial charge on any atom is 0.161 e. The highest BCUT2D eigenvalue weighted by atomic mass is 32.2. The summed E-state index contributed by atoms with van der Waals surface area (Å²) < 4.78 is 13.9. The van der Waals surface area contributed by atoms with E-state index in [1.165, 1.54) is 4.90 Å². The molecule has 1 heterocycles. The van der Waals surface area contributed by atoms with Crippen molar-refractivity contribution in [2.75, 3.05) is 13.7 Å². The van der Waals surface area contributed by atoms with E-state index in [2.05, 4.69) is 53.6 Å². The summed E-state index contributed by atoms with van der Waals surface area (Å²) in [5.74, 6) is 3.35. The molecule has 4 nitrogen and oxygen atoms in total. The number of thioether (sulfide) groups is 1. The molecule has 0 fully saturated rings. The van der Waals surface area contributed by atoms with Gasteiger partial charge in [-0.25, -0.2) is 4.98 Å². The molecule has 0 aliphatic rings. The summed E-state index contributed by atoms with van der Waals surface area (Å²) in [5.41, 5.74) is 3.29. The number of imidazole rings is 1. The number of hydrogen-bond acceptors (Lipinski definition) is 4. The highest BCUT2D eigenvalue weighted by Gasteiger charge is 2.12. The molecule has 0 atom stereocenters. The molecule has 0 aliphatic heterocycles. The van der Waals surface area contributed by atoms with Crippen molar-refractivity contribution in [3.05, 3.63) is 96.8 Å². The number of rotatable bonds is 10. The maximum atomic E-state index is 6.09. The Kier molecular flexibility index (Phi) is 6.95. The van der Waals surface area contributed by atoms with Crippen molar-refractivity contribution in [3.63, 3.8) is 0 Å². The van der Waals surface area contributed by atoms with Crippen molar-refractivity contribution in [1.29, 1.82) is 0 Å². The summed E-state index contributed by atoms with van der Waals surface area (Å²) >= 11 is 1.79. The predicted molar refractivity (Wildman–Crippen MR) is 128 cm³/mol. The van der Waals surface area contributed by atoms with Crippen molar-refractivity contribution in [2.24, 2.45) is 0 Å². The van der Waals surface area contributed by atoms with Gasteiger partial charge in [0.2, 0.25) is 0 Å². The topological polar surface area (TPSA) is 36.3 Å². The monoisotopic (exact) mass is 430 g/mol. The zero-order valence-electron chi connectivity index (χ0n) is 17.7. The van der Waals surface area contributed by atoms with Crippen LogP contribution in [0.1, 0.15) is 11.4 Å². The molecule has 5 heteroatoms. The van der Waals surface area contributed by atoms with Crippen LogP contribution < -0.4 is 9.47 Å². The van der Waals surface area contributed by atoms with E-state index in [0.717, 1.165) is 46.1 Å². The number of nitrogens with zero attached hydrogens (tertiary/aromatic N) is 2. The summed E-state index contributed by atoms with van der Waals surface area (Å²) in [6, 6.07) is 24.7. The lowest BCUT2D eigenvalue weighted by atomic mass is 10.1. The molecular weight excluding hydrogens is 404 g/mol. The first-order chi connectivity index (χ1) is 15.3. The van der Waals surface area contributed by atoms with Crippen LogP contribution in [0.5, 0.6) is 11.5 Å². The molecular formula is C26H26N2O2S. The van der Waals surface area contributed by atoms with Gasteiger partial charge in [0, 0.05) is 4.90 Å². The predicted octanol–water partition coefficient (Wildman–Crippen LogP) is 6.14. The Balaban J connectivity index is 1.49. The number of allylic oxidation sites excluding steroid dienone is 1. The van der Waals surface area contributed by atoms with Crippen LogP contribution in [0.15, 0.2) is 90.3 Å². The van der Waals surface area contributed by atoms with Crippen LogP contribution in [-0.4, -0.2) is 23.3 Å². The average Bonchev–Trinajstić information content (AvgIpc) is 3.17. The van der Waals surface area contributed by atoms with Gasteiger partial charge in [0.05, 0.1) is 30.4 Å². The Morgan fingerprint density at radius 3 is 2.61 bits per heavy atom. The van der Waals surface area contributed by atoms with Gasteiger partial charge in [-0.3, -0.25) is 0 Å². The number of benzene rings is 3. The van der Waals surface area contributed by atoms with Crippen molar-refractivity contribution in [1.82, 2.24) is 9.55 Å². The Labute approximate surface area is 187 Å². The van der Waals surface area contributed by atoms with E-state index in [0.29, 0.717) is 13.2 Å². The molecule has 0 radical (unpaired) electrons. The Bertz CT molecular complexity index is 1150. The number of methoxy groups -OCH3 is 1. The third-order valence-electron chi connectivity index (χ3n) is 5.03. The van der Waals surface area contributed by atoms with E-state index in [1.54, 1.807) is 18.9 Å². The van der Waals surface area contributed by atoms with E-state index in [9.17, 15) is 0 Å². The molecule has 4 aromatic rings. The van der Waals surface area contributed by atoms with Gasteiger partial charge in [-0.15, -0.1) is 18.3 Å². The molecule has 0 saturated carbocycles. The molecule has 0 aliphatic carbocycles. The van der Waals surface area contributed by atoms with Crippen molar-refractivity contribution in [3.8, 4) is 11.5 Å². The first-order valence-corrected chi connectivity index (χ1v) is 11.3. The van der Waals surface area contributed by atoms with Crippen LogP contribution >= 0.6 is 11.8 Å². The Morgan fingerprint density at radius 2 is 1.81 bits per heavy atom. The normalized spacial score (nSPS) is 10.9. The fourth-order valence-electron chi connectivity index (χ4n) is 3.52. The van der Waals surface area contributed by atoms with Crippen LogP contribution in [0.25, 0.3) is 11.0 Å². The van der Waals surface area contributed by atoms with Gasteiger partial charge in [0.25, 0.3) is 0 Å². The molecule has 4 rings (SSSR count). The molecule has 0 saturated heterocycles. The standard InChI is InChI=1S/C26H26N2O2S/c1-3-9-20-14-15-24(25(18-20)29-2)30-17-16-28-23-13-8-7-12-22(23)27-26(28)19-31-21-10-5-4-6-11-21/h3-8,10-15,18H,1,9,16-17,19H2,2H3. The number of ether oxygens (including phenoxy) is 2. The third kappa shape index (κ3) is 5.12. The number of hydrogen-bond donors (Lipinski definition) is 0. The van der Waals surface area contributed by atoms with E-state index in [-0.39, 0.29) is 0 Å². The summed E-state index contributed by atoms with van der Waals surface area (Å²) in [7, 11) is 1.67. The van der Waals surface area contributed by atoms with Crippen LogP contribution in [-0.2, 0) is 18.7 Å². The van der Waals surface area contributed by atoms with Gasteiger partial charge < -0.3 is 14.0 Å². The molecule has 0 amide bonds. The van der Waals surface area contributed by atoms with E-state index < -0.39 is 0 Å². The van der Waals surface area contributed by atoms with Crippen molar-refractivity contribution in [2.45, 2.75) is 23.6 Å². The average molecular weight is 431 g/mol. The summed E-state index contributed by atoms with van der Waals surface area (Å²) in [4.78, 5) is 6.11. The van der Waals surface area contributed by atoms with E-state index in [4.69, 9.17) is 14.5 Å². The highest BCUT2D eigenvalue weighted by Crippen LogP contribution is 2.29. The van der Waals surface area contributed by atoms with Crippen LogP contribution in [0, 0.1) is 0 Å². The van der Waals surface area contributed by atoms with Crippen LogP contribution in [0.3, 0.4) is 0 Å². The SMILES string of the molecule is C=CCc1ccc(OCCn2c(CSc3ccccc3)nc3ccccc32)c(OC)c1. The largest absolute Gasteiger partial charge is 0.493 e. The van der Waals surface area contributed by atoms with Crippen LogP contribution in [0.4, 0.5) is 0 Å². The molecule has 1 aromatic heterocycles. The van der Waals surface area contributed by atoms with E-state index >= 15 is 0 Å². The second kappa shape index (κ2) is 10.2. The summed E-state index contributed by atoms with van der Waals surface area (Å²) in [6.45, 7) is 5.04. The minimum Gasteiger partial charge on any atom is -0.493 e. The van der Waals surface area contributed by atoms with E-state index in [1.807, 2.05) is 36.4 Å². The smallest absolute Gasteiger partial charge is 0.161 e. The zero-order chi connectivity index (χ0) is 21.5. The molecule has 0 spiro atoms. The minimum atomic E-state index is 0.528. The third-order valence-corrected chi connectivity index (χ3v) is 6.03. The van der Waals surface area contributed by atoms with Gasteiger partial charge in [-0.1, -0.05) is 42.5 Å². The number of para-hydroxylation sites is 2. The van der Waals surface area contributed by atoms with Gasteiger partial charge >= 0.3 is 0 Å². The lowest BCUT2D eigenvalue weighted by Crippen LogP contribution is -2.11. The summed E-state index contributed by atoms with van der Waals surface area (Å²) in [5, 5.41) is 0. The molecule has 31 heavy (non-hydrogen) atoms. The van der Waals surface area contributed by atoms with Gasteiger partial charge in [-0.2, -0.15) is 0 Å². The molecule has 3 aromatic carbocycles. The Hall–Kier alpha value is -3.18. The van der Waals surface area contributed by atoms with Gasteiger partial charge in [0.15, 0.2) is 11.5 Å². The van der Waals surface area contributed by atoms with Crippen LogP contribution in [0.2, 0.25) is 0 Å². The second-order valence-corrected chi connectivity index (χ2v) is 8.15. The fourth-order valence-corrected chi connectivity index (χ4v) is 4.39. The zero-order valence-corrected chi connectivity index (χ0v) is 18.5. The van der Waals surface area contributed by atoms with Crippen molar-refractivity contribution >= 4 is 22.8 Å². The molecule has 158 valence electrons. The highest BCUT2D eigenvalue weighted by molar-refractivity contribution is 7.98. The maximum absolute atomic E-state index is 6.09.